The Kier molecular flexibility index (Phi) is 6.23. The summed E-state index contributed by atoms with van der Waals surface area (Å²) in [6, 6.07) is 4.53. The summed E-state index contributed by atoms with van der Waals surface area (Å²) in [5, 5.41) is 0. The van der Waals surface area contributed by atoms with Crippen LogP contribution in [-0.4, -0.2) is 42.6 Å². The van der Waals surface area contributed by atoms with Crippen molar-refractivity contribution >= 4 is 5.91 Å². The van der Waals surface area contributed by atoms with Gasteiger partial charge in [-0.05, 0) is 37.0 Å². The first kappa shape index (κ1) is 20.2. The number of ether oxygens (including phenoxy) is 2. The molecule has 2 aromatic rings. The predicted octanol–water partition coefficient (Wildman–Crippen LogP) is 3.77. The van der Waals surface area contributed by atoms with E-state index in [0.29, 0.717) is 25.6 Å². The molecule has 0 spiro atoms. The van der Waals surface area contributed by atoms with Crippen molar-refractivity contribution in [3.8, 4) is 5.75 Å². The SMILES string of the molecule is COC[C@H]1CCCN(C(=O)c2coc(COc3cccc(C(F)(F)F)c3)n2)C1. The summed E-state index contributed by atoms with van der Waals surface area (Å²) >= 11 is 0. The van der Waals surface area contributed by atoms with E-state index in [2.05, 4.69) is 4.98 Å². The summed E-state index contributed by atoms with van der Waals surface area (Å²) in [5.74, 6) is 0.207. The molecule has 1 aliphatic heterocycles. The molecular formula is C19H21F3N2O4. The van der Waals surface area contributed by atoms with Crippen molar-refractivity contribution < 1.29 is 31.9 Å². The Labute approximate surface area is 160 Å². The summed E-state index contributed by atoms with van der Waals surface area (Å²) in [4.78, 5) is 18.4. The van der Waals surface area contributed by atoms with Gasteiger partial charge < -0.3 is 18.8 Å². The van der Waals surface area contributed by atoms with Crippen molar-refractivity contribution in [3.05, 3.63) is 47.7 Å². The maximum Gasteiger partial charge on any atom is 0.416 e. The number of methoxy groups -OCH3 is 1. The number of likely N-dealkylation sites (tertiary alicyclic amines) is 1. The highest BCUT2D eigenvalue weighted by Gasteiger charge is 2.30. The number of halogens is 3. The third kappa shape index (κ3) is 5.03. The lowest BCUT2D eigenvalue weighted by Gasteiger charge is -2.31. The largest absolute Gasteiger partial charge is 0.484 e. The Morgan fingerprint density at radius 1 is 1.39 bits per heavy atom. The van der Waals surface area contributed by atoms with E-state index >= 15 is 0 Å². The molecule has 1 aromatic carbocycles. The summed E-state index contributed by atoms with van der Waals surface area (Å²) in [5.41, 5.74) is -0.648. The molecule has 1 saturated heterocycles. The minimum absolute atomic E-state index is 0.0411. The lowest BCUT2D eigenvalue weighted by Crippen LogP contribution is -2.41. The van der Waals surface area contributed by atoms with Crippen LogP contribution in [0, 0.1) is 5.92 Å². The Morgan fingerprint density at radius 2 is 2.21 bits per heavy atom. The zero-order valence-corrected chi connectivity index (χ0v) is 15.4. The van der Waals surface area contributed by atoms with Gasteiger partial charge in [-0.25, -0.2) is 4.98 Å². The number of alkyl halides is 3. The third-order valence-electron chi connectivity index (χ3n) is 4.50. The van der Waals surface area contributed by atoms with Gasteiger partial charge in [-0.15, -0.1) is 0 Å². The van der Waals surface area contributed by atoms with E-state index in [-0.39, 0.29) is 29.8 Å². The van der Waals surface area contributed by atoms with E-state index in [1.165, 1.54) is 18.4 Å². The molecule has 28 heavy (non-hydrogen) atoms. The van der Waals surface area contributed by atoms with E-state index in [4.69, 9.17) is 13.9 Å². The fourth-order valence-electron chi connectivity index (χ4n) is 3.17. The van der Waals surface area contributed by atoms with Gasteiger partial charge in [0.1, 0.15) is 12.0 Å². The molecule has 1 aromatic heterocycles. The van der Waals surface area contributed by atoms with Crippen LogP contribution in [0.4, 0.5) is 13.2 Å². The number of piperidine rings is 1. The second-order valence-corrected chi connectivity index (χ2v) is 6.66. The first-order valence-electron chi connectivity index (χ1n) is 8.89. The molecule has 3 rings (SSSR count). The first-order chi connectivity index (χ1) is 13.4. The van der Waals surface area contributed by atoms with Crippen LogP contribution >= 0.6 is 0 Å². The Hall–Kier alpha value is -2.55. The summed E-state index contributed by atoms with van der Waals surface area (Å²) in [6.45, 7) is 1.65. The second-order valence-electron chi connectivity index (χ2n) is 6.66. The van der Waals surface area contributed by atoms with Crippen LogP contribution < -0.4 is 4.74 Å². The Morgan fingerprint density at radius 3 is 2.96 bits per heavy atom. The molecule has 0 N–H and O–H groups in total. The van der Waals surface area contributed by atoms with Gasteiger partial charge >= 0.3 is 6.18 Å². The van der Waals surface area contributed by atoms with Gasteiger partial charge in [-0.3, -0.25) is 4.79 Å². The number of carbonyl (C=O) groups is 1. The lowest BCUT2D eigenvalue weighted by atomic mass is 9.99. The standard InChI is InChI=1S/C19H21F3N2O4/c1-26-10-13-4-3-7-24(9-13)18(25)16-11-28-17(23-16)12-27-15-6-2-5-14(8-15)19(20,21)22/h2,5-6,8,11,13H,3-4,7,9-10,12H2,1H3/t13-/m0/s1. The van der Waals surface area contributed by atoms with Crippen molar-refractivity contribution in [1.29, 1.82) is 0 Å². The fraction of sp³-hybridized carbons (Fsp3) is 0.474. The van der Waals surface area contributed by atoms with Gasteiger partial charge in [-0.1, -0.05) is 6.07 Å². The van der Waals surface area contributed by atoms with E-state index in [1.54, 1.807) is 12.0 Å². The van der Waals surface area contributed by atoms with Crippen molar-refractivity contribution in [2.75, 3.05) is 26.8 Å². The quantitative estimate of drug-likeness (QED) is 0.741. The molecule has 0 saturated carbocycles. The molecule has 152 valence electrons. The van der Waals surface area contributed by atoms with Crippen LogP contribution in [0.1, 0.15) is 34.8 Å². The van der Waals surface area contributed by atoms with Crippen molar-refractivity contribution in [3.63, 3.8) is 0 Å². The molecule has 1 aliphatic rings. The molecule has 0 aliphatic carbocycles. The Bertz CT molecular complexity index is 804. The van der Waals surface area contributed by atoms with Gasteiger partial charge in [-0.2, -0.15) is 13.2 Å². The van der Waals surface area contributed by atoms with Crippen LogP contribution in [0.25, 0.3) is 0 Å². The number of nitrogens with zero attached hydrogens (tertiary/aromatic N) is 2. The monoisotopic (exact) mass is 398 g/mol. The molecule has 9 heteroatoms. The zero-order valence-electron chi connectivity index (χ0n) is 15.4. The fourth-order valence-corrected chi connectivity index (χ4v) is 3.17. The third-order valence-corrected chi connectivity index (χ3v) is 4.50. The number of rotatable bonds is 6. The van der Waals surface area contributed by atoms with Crippen molar-refractivity contribution in [2.45, 2.75) is 25.6 Å². The molecule has 2 heterocycles. The second kappa shape index (κ2) is 8.64. The van der Waals surface area contributed by atoms with Crippen LogP contribution in [0.3, 0.4) is 0 Å². The number of oxazole rings is 1. The highest BCUT2D eigenvalue weighted by molar-refractivity contribution is 5.92. The first-order valence-corrected chi connectivity index (χ1v) is 8.89. The van der Waals surface area contributed by atoms with Crippen LogP contribution in [0.5, 0.6) is 5.75 Å². The van der Waals surface area contributed by atoms with Gasteiger partial charge in [0, 0.05) is 20.2 Å². The zero-order chi connectivity index (χ0) is 20.1. The number of benzene rings is 1. The molecule has 6 nitrogen and oxygen atoms in total. The Balaban J connectivity index is 1.59. The summed E-state index contributed by atoms with van der Waals surface area (Å²) in [7, 11) is 1.63. The molecule has 0 radical (unpaired) electrons. The smallest absolute Gasteiger partial charge is 0.416 e. The maximum absolute atomic E-state index is 12.7. The summed E-state index contributed by atoms with van der Waals surface area (Å²) < 4.78 is 53.9. The number of amides is 1. The van der Waals surface area contributed by atoms with Gasteiger partial charge in [0.2, 0.25) is 5.89 Å². The normalized spacial score (nSPS) is 17.6. The average Bonchev–Trinajstić information content (AvgIpc) is 3.15. The predicted molar refractivity (Wildman–Crippen MR) is 92.8 cm³/mol. The molecule has 0 unspecified atom stereocenters. The number of hydrogen-bond acceptors (Lipinski definition) is 5. The van der Waals surface area contributed by atoms with Gasteiger partial charge in [0.25, 0.3) is 5.91 Å². The number of carbonyl (C=O) groups excluding carboxylic acids is 1. The molecule has 1 atom stereocenters. The molecule has 0 bridgehead atoms. The van der Waals surface area contributed by atoms with E-state index in [1.807, 2.05) is 0 Å². The topological polar surface area (TPSA) is 64.8 Å². The molecular weight excluding hydrogens is 377 g/mol. The number of hydrogen-bond donors (Lipinski definition) is 0. The van der Waals surface area contributed by atoms with Gasteiger partial charge in [0.05, 0.1) is 12.2 Å². The van der Waals surface area contributed by atoms with E-state index in [0.717, 1.165) is 25.0 Å². The van der Waals surface area contributed by atoms with E-state index < -0.39 is 11.7 Å². The average molecular weight is 398 g/mol. The minimum Gasteiger partial charge on any atom is -0.484 e. The highest BCUT2D eigenvalue weighted by atomic mass is 19.4. The van der Waals surface area contributed by atoms with E-state index in [9.17, 15) is 18.0 Å². The van der Waals surface area contributed by atoms with Crippen LogP contribution in [-0.2, 0) is 17.5 Å². The number of aromatic nitrogens is 1. The molecule has 1 fully saturated rings. The molecule has 1 amide bonds. The van der Waals surface area contributed by atoms with Crippen molar-refractivity contribution in [1.82, 2.24) is 9.88 Å². The van der Waals surface area contributed by atoms with Gasteiger partial charge in [0.15, 0.2) is 12.3 Å². The maximum atomic E-state index is 12.7. The summed E-state index contributed by atoms with van der Waals surface area (Å²) in [6.07, 6.45) is -1.31. The lowest BCUT2D eigenvalue weighted by molar-refractivity contribution is -0.137. The van der Waals surface area contributed by atoms with Crippen molar-refractivity contribution in [2.24, 2.45) is 5.92 Å². The minimum atomic E-state index is -4.45. The highest BCUT2D eigenvalue weighted by Crippen LogP contribution is 2.31. The van der Waals surface area contributed by atoms with Crippen LogP contribution in [0.2, 0.25) is 0 Å². The van der Waals surface area contributed by atoms with Crippen LogP contribution in [0.15, 0.2) is 34.9 Å².